The second-order valence-corrected chi connectivity index (χ2v) is 9.68. The summed E-state index contributed by atoms with van der Waals surface area (Å²) in [6, 6.07) is 1.69. The van der Waals surface area contributed by atoms with Gasteiger partial charge in [-0.2, -0.15) is 5.10 Å². The lowest BCUT2D eigenvalue weighted by Crippen LogP contribution is -2.63. The summed E-state index contributed by atoms with van der Waals surface area (Å²) < 4.78 is 1.52. The van der Waals surface area contributed by atoms with Crippen LogP contribution in [0, 0.1) is 0 Å². The van der Waals surface area contributed by atoms with E-state index in [2.05, 4.69) is 20.6 Å². The lowest BCUT2D eigenvalue weighted by molar-refractivity contribution is -0.133. The fraction of sp³-hybridized carbons (Fsp3) is 0.739. The molecule has 2 N–H and O–H groups in total. The van der Waals surface area contributed by atoms with Gasteiger partial charge in [0.25, 0.3) is 11.8 Å². The summed E-state index contributed by atoms with van der Waals surface area (Å²) in [6.07, 6.45) is 9.05. The molecule has 3 heterocycles. The summed E-state index contributed by atoms with van der Waals surface area (Å²) in [5.74, 6) is -0.734. The highest BCUT2D eigenvalue weighted by Crippen LogP contribution is 2.27. The van der Waals surface area contributed by atoms with Gasteiger partial charge < -0.3 is 20.4 Å². The van der Waals surface area contributed by atoms with Gasteiger partial charge in [-0.3, -0.25) is 19.1 Å². The van der Waals surface area contributed by atoms with Gasteiger partial charge in [-0.25, -0.2) is 0 Å². The molecule has 0 spiro atoms. The van der Waals surface area contributed by atoms with Gasteiger partial charge in [0.05, 0.1) is 6.54 Å². The summed E-state index contributed by atoms with van der Waals surface area (Å²) >= 11 is 0. The Morgan fingerprint density at radius 3 is 2.50 bits per heavy atom. The molecule has 0 aromatic carbocycles. The number of rotatable bonds is 6. The number of carbonyl (C=O) groups is 3. The van der Waals surface area contributed by atoms with E-state index in [0.717, 1.165) is 45.3 Å². The summed E-state index contributed by atoms with van der Waals surface area (Å²) in [5, 5.41) is 10.5. The van der Waals surface area contributed by atoms with Crippen LogP contribution in [0.5, 0.6) is 0 Å². The molecule has 32 heavy (non-hydrogen) atoms. The van der Waals surface area contributed by atoms with Crippen molar-refractivity contribution in [3.63, 3.8) is 0 Å². The average molecular weight is 445 g/mol. The molecule has 1 aromatic rings. The van der Waals surface area contributed by atoms with E-state index < -0.39 is 5.54 Å². The summed E-state index contributed by atoms with van der Waals surface area (Å²) in [6.45, 7) is 5.53. The van der Waals surface area contributed by atoms with Crippen molar-refractivity contribution in [1.29, 1.82) is 0 Å². The highest BCUT2D eigenvalue weighted by Gasteiger charge is 2.46. The molecule has 3 amide bonds. The average Bonchev–Trinajstić information content (AvgIpc) is 3.37. The SMILES string of the molecule is CN1C(=O)c2cc(C(=O)NCCN3CCCC3)nn2C[C@]1(C)C(=O)NC1CCCCCC1. The Morgan fingerprint density at radius 1 is 1.12 bits per heavy atom. The standard InChI is InChI=1S/C23H36N6O3/c1-23(22(32)25-17-9-5-3-4-6-10-17)16-29-19(21(31)27(23)2)15-18(26-29)20(30)24-11-14-28-12-7-8-13-28/h15,17H,3-14,16H2,1-2H3,(H,24,30)(H,25,32)/t23-/m1/s1. The molecule has 3 aliphatic rings. The highest BCUT2D eigenvalue weighted by molar-refractivity contribution is 6.01. The molecule has 9 nitrogen and oxygen atoms in total. The van der Waals surface area contributed by atoms with E-state index >= 15 is 0 Å². The van der Waals surface area contributed by atoms with E-state index in [4.69, 9.17) is 0 Å². The minimum absolute atomic E-state index is 0.154. The Morgan fingerprint density at radius 2 is 1.81 bits per heavy atom. The molecule has 2 fully saturated rings. The van der Waals surface area contributed by atoms with Crippen molar-refractivity contribution >= 4 is 17.7 Å². The van der Waals surface area contributed by atoms with Gasteiger partial charge in [-0.1, -0.05) is 25.7 Å². The lowest BCUT2D eigenvalue weighted by Gasteiger charge is -2.41. The van der Waals surface area contributed by atoms with Gasteiger partial charge in [-0.15, -0.1) is 0 Å². The Bertz CT molecular complexity index is 854. The molecular weight excluding hydrogens is 408 g/mol. The molecule has 1 saturated carbocycles. The van der Waals surface area contributed by atoms with Crippen LogP contribution in [0.2, 0.25) is 0 Å². The number of likely N-dealkylation sites (N-methyl/N-ethyl adjacent to an activating group) is 1. The second kappa shape index (κ2) is 9.60. The number of nitrogens with zero attached hydrogens (tertiary/aromatic N) is 4. The first-order valence-electron chi connectivity index (χ1n) is 12.1. The van der Waals surface area contributed by atoms with Crippen molar-refractivity contribution in [1.82, 2.24) is 30.2 Å². The van der Waals surface area contributed by atoms with E-state index in [0.29, 0.717) is 12.2 Å². The first-order valence-corrected chi connectivity index (χ1v) is 12.1. The van der Waals surface area contributed by atoms with Crippen LogP contribution in [0.25, 0.3) is 0 Å². The Balaban J connectivity index is 1.42. The maximum Gasteiger partial charge on any atom is 0.272 e. The minimum Gasteiger partial charge on any atom is -0.351 e. The summed E-state index contributed by atoms with van der Waals surface area (Å²) in [7, 11) is 1.65. The number of nitrogens with one attached hydrogen (secondary N) is 2. The van der Waals surface area contributed by atoms with Crippen molar-refractivity contribution in [3.05, 3.63) is 17.5 Å². The minimum atomic E-state index is -1.05. The van der Waals surface area contributed by atoms with E-state index in [9.17, 15) is 14.4 Å². The molecule has 1 aliphatic carbocycles. The molecular formula is C23H36N6O3. The number of aromatic nitrogens is 2. The van der Waals surface area contributed by atoms with Gasteiger partial charge >= 0.3 is 0 Å². The second-order valence-electron chi connectivity index (χ2n) is 9.68. The molecule has 9 heteroatoms. The summed E-state index contributed by atoms with van der Waals surface area (Å²) in [4.78, 5) is 42.7. The molecule has 0 unspecified atom stereocenters. The highest BCUT2D eigenvalue weighted by atomic mass is 16.2. The smallest absolute Gasteiger partial charge is 0.272 e. The number of amides is 3. The van der Waals surface area contributed by atoms with Crippen molar-refractivity contribution in [3.8, 4) is 0 Å². The van der Waals surface area contributed by atoms with Gasteiger partial charge in [0.2, 0.25) is 5.91 Å². The largest absolute Gasteiger partial charge is 0.351 e. The van der Waals surface area contributed by atoms with Gasteiger partial charge in [0, 0.05) is 32.2 Å². The summed E-state index contributed by atoms with van der Waals surface area (Å²) in [5.41, 5.74) is -0.486. The molecule has 1 atom stereocenters. The van der Waals surface area contributed by atoms with Crippen LogP contribution >= 0.6 is 0 Å². The zero-order valence-electron chi connectivity index (χ0n) is 19.4. The zero-order chi connectivity index (χ0) is 22.7. The van der Waals surface area contributed by atoms with Crippen molar-refractivity contribution < 1.29 is 14.4 Å². The van der Waals surface area contributed by atoms with Gasteiger partial charge in [0.1, 0.15) is 11.2 Å². The Labute approximate surface area is 189 Å². The Kier molecular flexibility index (Phi) is 6.83. The maximum atomic E-state index is 13.2. The van der Waals surface area contributed by atoms with Crippen LogP contribution in [0.15, 0.2) is 6.07 Å². The van der Waals surface area contributed by atoms with E-state index in [1.54, 1.807) is 14.0 Å². The van der Waals surface area contributed by atoms with Gasteiger partial charge in [0.15, 0.2) is 5.69 Å². The van der Waals surface area contributed by atoms with Crippen LogP contribution in [0.4, 0.5) is 0 Å². The van der Waals surface area contributed by atoms with Gasteiger partial charge in [-0.05, 0) is 45.7 Å². The van der Waals surface area contributed by atoms with Crippen molar-refractivity contribution in [2.24, 2.45) is 0 Å². The maximum absolute atomic E-state index is 13.2. The molecule has 176 valence electrons. The first-order chi connectivity index (χ1) is 15.4. The fourth-order valence-corrected chi connectivity index (χ4v) is 5.03. The van der Waals surface area contributed by atoms with E-state index in [1.807, 2.05) is 0 Å². The first kappa shape index (κ1) is 22.8. The number of likely N-dealkylation sites (tertiary alicyclic amines) is 1. The number of carbonyl (C=O) groups excluding carboxylic acids is 3. The number of hydrogen-bond donors (Lipinski definition) is 2. The van der Waals surface area contributed by atoms with Crippen LogP contribution < -0.4 is 10.6 Å². The molecule has 0 bridgehead atoms. The lowest BCUT2D eigenvalue weighted by atomic mass is 9.95. The molecule has 1 aromatic heterocycles. The zero-order valence-corrected chi connectivity index (χ0v) is 19.4. The Hall–Kier alpha value is -2.42. The van der Waals surface area contributed by atoms with Crippen molar-refractivity contribution in [2.75, 3.05) is 33.2 Å². The monoisotopic (exact) mass is 444 g/mol. The fourth-order valence-electron chi connectivity index (χ4n) is 5.03. The van der Waals surface area contributed by atoms with E-state index in [-0.39, 0.29) is 36.0 Å². The quantitative estimate of drug-likeness (QED) is 0.646. The molecule has 2 aliphatic heterocycles. The third-order valence-corrected chi connectivity index (χ3v) is 7.33. The third-order valence-electron chi connectivity index (χ3n) is 7.33. The number of fused-ring (bicyclic) bond motifs is 1. The van der Waals surface area contributed by atoms with Crippen LogP contribution in [-0.4, -0.2) is 82.1 Å². The van der Waals surface area contributed by atoms with Crippen LogP contribution in [0.1, 0.15) is 79.3 Å². The third kappa shape index (κ3) is 4.67. The number of hydrogen-bond acceptors (Lipinski definition) is 5. The predicted octanol–water partition coefficient (Wildman–Crippen LogP) is 1.39. The topological polar surface area (TPSA) is 99.6 Å². The predicted molar refractivity (Wildman–Crippen MR) is 120 cm³/mol. The molecule has 0 radical (unpaired) electrons. The molecule has 4 rings (SSSR count). The van der Waals surface area contributed by atoms with Crippen LogP contribution in [-0.2, 0) is 11.3 Å². The normalized spacial score (nSPS) is 24.8. The van der Waals surface area contributed by atoms with Crippen molar-refractivity contribution in [2.45, 2.75) is 76.4 Å². The molecule has 1 saturated heterocycles. The van der Waals surface area contributed by atoms with Crippen LogP contribution in [0.3, 0.4) is 0 Å². The van der Waals surface area contributed by atoms with E-state index in [1.165, 1.54) is 41.3 Å².